The number of rotatable bonds is 6. The Hall–Kier alpha value is -3.36. The molecular formula is C18H17FN4O4. The van der Waals surface area contributed by atoms with Crippen LogP contribution in [0.1, 0.15) is 34.0 Å². The quantitative estimate of drug-likeness (QED) is 0.772. The first-order chi connectivity index (χ1) is 13.0. The number of nitrogens with one attached hydrogen (secondary N) is 1. The molecule has 1 aliphatic heterocycles. The van der Waals surface area contributed by atoms with Crippen molar-refractivity contribution in [3.05, 3.63) is 52.9 Å². The van der Waals surface area contributed by atoms with Gasteiger partial charge in [0.25, 0.3) is 5.91 Å². The Kier molecular flexibility index (Phi) is 5.39. The van der Waals surface area contributed by atoms with Crippen LogP contribution in [-0.2, 0) is 16.2 Å². The van der Waals surface area contributed by atoms with E-state index in [2.05, 4.69) is 20.4 Å². The number of hydrogen-bond acceptors (Lipinski definition) is 7. The molecule has 1 aromatic heterocycles. The monoisotopic (exact) mass is 372 g/mol. The minimum absolute atomic E-state index is 0.103. The van der Waals surface area contributed by atoms with Gasteiger partial charge in [0.05, 0.1) is 12.8 Å². The first-order valence-corrected chi connectivity index (χ1v) is 8.15. The van der Waals surface area contributed by atoms with Gasteiger partial charge in [0.1, 0.15) is 17.2 Å². The van der Waals surface area contributed by atoms with E-state index in [1.807, 2.05) is 0 Å². The topological polar surface area (TPSA) is 103 Å². The number of aromatic nitrogens is 2. The minimum atomic E-state index is -0.638. The number of hydrogen-bond donors (Lipinski definition) is 1. The number of halogens is 1. The lowest BCUT2D eigenvalue weighted by Gasteiger charge is -2.09. The van der Waals surface area contributed by atoms with Gasteiger partial charge in [0.15, 0.2) is 24.0 Å². The first-order valence-electron chi connectivity index (χ1n) is 8.15. The number of carbonyl (C=O) groups is 2. The van der Waals surface area contributed by atoms with E-state index in [-0.39, 0.29) is 24.4 Å². The van der Waals surface area contributed by atoms with Crippen molar-refractivity contribution < 1.29 is 23.6 Å². The lowest BCUT2D eigenvalue weighted by atomic mass is 10.1. The van der Waals surface area contributed by atoms with Gasteiger partial charge < -0.3 is 14.9 Å². The van der Waals surface area contributed by atoms with Gasteiger partial charge in [-0.05, 0) is 30.7 Å². The van der Waals surface area contributed by atoms with E-state index in [1.165, 1.54) is 25.3 Å². The second kappa shape index (κ2) is 7.90. The van der Waals surface area contributed by atoms with Crippen LogP contribution in [0.4, 0.5) is 4.39 Å². The Morgan fingerprint density at radius 3 is 2.93 bits per heavy atom. The van der Waals surface area contributed by atoms with Crippen LogP contribution < -0.4 is 10.1 Å². The van der Waals surface area contributed by atoms with Gasteiger partial charge in [-0.15, -0.1) is 0 Å². The molecule has 9 heteroatoms. The second-order valence-corrected chi connectivity index (χ2v) is 5.86. The van der Waals surface area contributed by atoms with Crippen LogP contribution in [0.15, 0.2) is 29.4 Å². The summed E-state index contributed by atoms with van der Waals surface area (Å²) in [5.41, 5.74) is 1.74. The SMILES string of the molecule is COc1cc(CNC(=O)c2cc(C3=NOC(C=O)C3)nc(C)n2)ccc1F. The number of carbonyl (C=O) groups excluding carboxylic acids is 2. The number of nitrogens with zero attached hydrogens (tertiary/aromatic N) is 3. The van der Waals surface area contributed by atoms with Crippen LogP contribution in [0.5, 0.6) is 5.75 Å². The van der Waals surface area contributed by atoms with Crippen molar-refractivity contribution in [2.75, 3.05) is 7.11 Å². The van der Waals surface area contributed by atoms with E-state index >= 15 is 0 Å². The molecule has 0 saturated heterocycles. The van der Waals surface area contributed by atoms with E-state index in [4.69, 9.17) is 9.57 Å². The summed E-state index contributed by atoms with van der Waals surface area (Å²) in [6.45, 7) is 1.82. The number of oxime groups is 1. The highest BCUT2D eigenvalue weighted by Gasteiger charge is 2.23. The molecule has 1 amide bonds. The zero-order valence-corrected chi connectivity index (χ0v) is 14.7. The molecule has 0 spiro atoms. The van der Waals surface area contributed by atoms with Gasteiger partial charge in [-0.1, -0.05) is 11.2 Å². The second-order valence-electron chi connectivity index (χ2n) is 5.86. The number of aryl methyl sites for hydroxylation is 1. The molecule has 0 bridgehead atoms. The van der Waals surface area contributed by atoms with Crippen LogP contribution in [0.3, 0.4) is 0 Å². The highest BCUT2D eigenvalue weighted by atomic mass is 19.1. The summed E-state index contributed by atoms with van der Waals surface area (Å²) >= 11 is 0. The molecule has 0 aliphatic carbocycles. The zero-order valence-electron chi connectivity index (χ0n) is 14.7. The molecule has 3 rings (SSSR count). The summed E-state index contributed by atoms with van der Waals surface area (Å²) in [6, 6.07) is 5.83. The van der Waals surface area contributed by atoms with Crippen molar-refractivity contribution in [3.63, 3.8) is 0 Å². The highest BCUT2D eigenvalue weighted by Crippen LogP contribution is 2.18. The van der Waals surface area contributed by atoms with Crippen LogP contribution in [0.25, 0.3) is 0 Å². The molecule has 1 N–H and O–H groups in total. The Bertz CT molecular complexity index is 916. The molecule has 8 nitrogen and oxygen atoms in total. The molecule has 2 heterocycles. The maximum atomic E-state index is 13.5. The third-order valence-corrected chi connectivity index (χ3v) is 3.88. The predicted molar refractivity (Wildman–Crippen MR) is 93.0 cm³/mol. The van der Waals surface area contributed by atoms with Crippen molar-refractivity contribution in [2.45, 2.75) is 26.0 Å². The fourth-order valence-electron chi connectivity index (χ4n) is 2.54. The molecule has 1 aliphatic rings. The summed E-state index contributed by atoms with van der Waals surface area (Å²) < 4.78 is 18.4. The van der Waals surface area contributed by atoms with Gasteiger partial charge in [-0.2, -0.15) is 0 Å². The Balaban J connectivity index is 1.72. The summed E-state index contributed by atoms with van der Waals surface area (Å²) in [5, 5.41) is 6.55. The fourth-order valence-corrected chi connectivity index (χ4v) is 2.54. The molecule has 0 radical (unpaired) electrons. The third-order valence-electron chi connectivity index (χ3n) is 3.88. The molecule has 2 aromatic rings. The lowest BCUT2D eigenvalue weighted by molar-refractivity contribution is -0.116. The van der Waals surface area contributed by atoms with E-state index in [0.717, 1.165) is 0 Å². The zero-order chi connectivity index (χ0) is 19.4. The summed E-state index contributed by atoms with van der Waals surface area (Å²) in [6.07, 6.45) is 0.312. The molecule has 0 saturated carbocycles. The number of benzene rings is 1. The molecule has 0 fully saturated rings. The average molecular weight is 372 g/mol. The fraction of sp³-hybridized carbons (Fsp3) is 0.278. The maximum Gasteiger partial charge on any atom is 0.270 e. The van der Waals surface area contributed by atoms with E-state index < -0.39 is 17.8 Å². The third kappa shape index (κ3) is 4.25. The van der Waals surface area contributed by atoms with Crippen molar-refractivity contribution >= 4 is 17.9 Å². The largest absolute Gasteiger partial charge is 0.494 e. The van der Waals surface area contributed by atoms with Crippen LogP contribution in [0.2, 0.25) is 0 Å². The minimum Gasteiger partial charge on any atom is -0.494 e. The number of ether oxygens (including phenoxy) is 1. The maximum absolute atomic E-state index is 13.5. The molecular weight excluding hydrogens is 355 g/mol. The Labute approximate surface area is 154 Å². The van der Waals surface area contributed by atoms with Crippen molar-refractivity contribution in [1.82, 2.24) is 15.3 Å². The van der Waals surface area contributed by atoms with Gasteiger partial charge in [0.2, 0.25) is 0 Å². The van der Waals surface area contributed by atoms with Gasteiger partial charge in [-0.25, -0.2) is 14.4 Å². The van der Waals surface area contributed by atoms with Gasteiger partial charge in [0, 0.05) is 13.0 Å². The molecule has 27 heavy (non-hydrogen) atoms. The van der Waals surface area contributed by atoms with E-state index in [0.29, 0.717) is 29.1 Å². The Morgan fingerprint density at radius 1 is 1.41 bits per heavy atom. The number of amides is 1. The summed E-state index contributed by atoms with van der Waals surface area (Å²) in [4.78, 5) is 36.6. The van der Waals surface area contributed by atoms with Crippen molar-refractivity contribution in [3.8, 4) is 5.75 Å². The normalized spacial score (nSPS) is 15.7. The van der Waals surface area contributed by atoms with Gasteiger partial charge >= 0.3 is 0 Å². The summed E-state index contributed by atoms with van der Waals surface area (Å²) in [7, 11) is 1.37. The molecule has 1 aromatic carbocycles. The van der Waals surface area contributed by atoms with Crippen LogP contribution in [0, 0.1) is 12.7 Å². The molecule has 140 valence electrons. The van der Waals surface area contributed by atoms with Crippen molar-refractivity contribution in [2.24, 2.45) is 5.16 Å². The van der Waals surface area contributed by atoms with Crippen LogP contribution in [-0.4, -0.2) is 41.1 Å². The summed E-state index contributed by atoms with van der Waals surface area (Å²) in [5.74, 6) is -0.405. The predicted octanol–water partition coefficient (Wildman–Crippen LogP) is 1.55. The average Bonchev–Trinajstić information content (AvgIpc) is 3.16. The van der Waals surface area contributed by atoms with E-state index in [9.17, 15) is 14.0 Å². The lowest BCUT2D eigenvalue weighted by Crippen LogP contribution is -2.25. The first kappa shape index (κ1) is 18.4. The molecule has 1 atom stereocenters. The smallest absolute Gasteiger partial charge is 0.270 e. The Morgan fingerprint density at radius 2 is 2.22 bits per heavy atom. The van der Waals surface area contributed by atoms with Crippen molar-refractivity contribution in [1.29, 1.82) is 0 Å². The van der Waals surface area contributed by atoms with E-state index in [1.54, 1.807) is 13.0 Å². The number of aldehydes is 1. The highest BCUT2D eigenvalue weighted by molar-refractivity contribution is 6.03. The number of methoxy groups -OCH3 is 1. The standard InChI is InChI=1S/C18H17FN4O4/c1-10-21-14(15-6-12(9-24)27-23-15)7-16(22-10)18(25)20-8-11-3-4-13(19)17(5-11)26-2/h3-5,7,9,12H,6,8H2,1-2H3,(H,20,25). The van der Waals surface area contributed by atoms with Crippen LogP contribution >= 0.6 is 0 Å². The van der Waals surface area contributed by atoms with Gasteiger partial charge in [-0.3, -0.25) is 9.59 Å². The molecule has 1 unspecified atom stereocenters.